The standard InChI is InChI=1S/C50H36N2/c1-50(2)45-19-11-9-17-41(45)42-23-22-37(30-46(42)50)47-31-36(25-26-51-47)35-21-24-44-43-18-10-12-20-48(43)52(49(44)32-35)40-28-38(33-13-5-3-6-14-33)27-39(29-40)34-15-7-4-8-16-34/h3-32H,1-2H3. The third-order valence-corrected chi connectivity index (χ3v) is 11.0. The summed E-state index contributed by atoms with van der Waals surface area (Å²) in [6.07, 6.45) is 1.95. The molecule has 0 atom stereocenters. The Balaban J connectivity index is 1.13. The second-order valence-electron chi connectivity index (χ2n) is 14.4. The molecule has 0 saturated heterocycles. The number of nitrogens with zero attached hydrogens (tertiary/aromatic N) is 2. The molecule has 2 heterocycles. The van der Waals surface area contributed by atoms with Crippen LogP contribution in [0.5, 0.6) is 0 Å². The molecule has 52 heavy (non-hydrogen) atoms. The van der Waals surface area contributed by atoms with Gasteiger partial charge in [0.1, 0.15) is 0 Å². The van der Waals surface area contributed by atoms with Gasteiger partial charge in [0.2, 0.25) is 0 Å². The maximum Gasteiger partial charge on any atom is 0.0708 e. The van der Waals surface area contributed by atoms with Gasteiger partial charge in [-0.3, -0.25) is 4.98 Å². The topological polar surface area (TPSA) is 17.8 Å². The molecule has 2 nitrogen and oxygen atoms in total. The Morgan fingerprint density at radius 3 is 1.79 bits per heavy atom. The number of hydrogen-bond acceptors (Lipinski definition) is 1. The molecule has 9 aromatic rings. The van der Waals surface area contributed by atoms with Crippen molar-refractivity contribution in [2.45, 2.75) is 19.3 Å². The molecule has 0 saturated carbocycles. The maximum atomic E-state index is 4.89. The Hall–Kier alpha value is -6.51. The first-order valence-corrected chi connectivity index (χ1v) is 18.0. The zero-order valence-corrected chi connectivity index (χ0v) is 29.2. The minimum atomic E-state index is -0.0593. The fourth-order valence-electron chi connectivity index (χ4n) is 8.39. The summed E-state index contributed by atoms with van der Waals surface area (Å²) >= 11 is 0. The lowest BCUT2D eigenvalue weighted by molar-refractivity contribution is 0.660. The monoisotopic (exact) mass is 664 g/mol. The van der Waals surface area contributed by atoms with Gasteiger partial charge in [0.05, 0.1) is 16.7 Å². The summed E-state index contributed by atoms with van der Waals surface area (Å²) in [4.78, 5) is 4.89. The van der Waals surface area contributed by atoms with Crippen molar-refractivity contribution < 1.29 is 0 Å². The number of aromatic nitrogens is 2. The van der Waals surface area contributed by atoms with Gasteiger partial charge in [0.25, 0.3) is 0 Å². The van der Waals surface area contributed by atoms with Gasteiger partial charge in [-0.1, -0.05) is 141 Å². The van der Waals surface area contributed by atoms with E-state index in [9.17, 15) is 0 Å². The highest BCUT2D eigenvalue weighted by molar-refractivity contribution is 6.10. The van der Waals surface area contributed by atoms with E-state index in [0.29, 0.717) is 0 Å². The van der Waals surface area contributed by atoms with Crippen LogP contribution in [-0.4, -0.2) is 9.55 Å². The van der Waals surface area contributed by atoms with Crippen molar-refractivity contribution in [2.24, 2.45) is 0 Å². The molecular weight excluding hydrogens is 629 g/mol. The van der Waals surface area contributed by atoms with Crippen LogP contribution in [-0.2, 0) is 5.41 Å². The SMILES string of the molecule is CC1(C)c2ccccc2-c2ccc(-c3cc(-c4ccc5c6ccccc6n(-c6cc(-c7ccccc7)cc(-c7ccccc7)c6)c5c4)ccn3)cc21. The van der Waals surface area contributed by atoms with Crippen LogP contribution in [0.4, 0.5) is 0 Å². The van der Waals surface area contributed by atoms with Crippen LogP contribution < -0.4 is 0 Å². The summed E-state index contributed by atoms with van der Waals surface area (Å²) in [6.45, 7) is 4.66. The molecule has 10 rings (SSSR count). The Morgan fingerprint density at radius 2 is 1.02 bits per heavy atom. The van der Waals surface area contributed by atoms with Crippen LogP contribution in [0.15, 0.2) is 182 Å². The van der Waals surface area contributed by atoms with E-state index < -0.39 is 0 Å². The van der Waals surface area contributed by atoms with Gasteiger partial charge in [-0.15, -0.1) is 0 Å². The molecule has 2 aromatic heterocycles. The molecule has 2 heteroatoms. The van der Waals surface area contributed by atoms with Gasteiger partial charge >= 0.3 is 0 Å². The van der Waals surface area contributed by atoms with Gasteiger partial charge in [0, 0.05) is 33.6 Å². The van der Waals surface area contributed by atoms with Crippen molar-refractivity contribution in [3.63, 3.8) is 0 Å². The van der Waals surface area contributed by atoms with E-state index in [1.807, 2.05) is 6.20 Å². The molecule has 0 aliphatic heterocycles. The van der Waals surface area contributed by atoms with E-state index in [1.165, 1.54) is 66.3 Å². The average Bonchev–Trinajstić information content (AvgIpc) is 3.66. The Labute approximate surface area is 304 Å². The van der Waals surface area contributed by atoms with Crippen molar-refractivity contribution >= 4 is 21.8 Å². The summed E-state index contributed by atoms with van der Waals surface area (Å²) in [5.41, 5.74) is 18.1. The number of hydrogen-bond donors (Lipinski definition) is 0. The third kappa shape index (κ3) is 4.83. The number of para-hydroxylation sites is 1. The van der Waals surface area contributed by atoms with Gasteiger partial charge in [-0.05, 0) is 104 Å². The zero-order valence-electron chi connectivity index (χ0n) is 29.2. The van der Waals surface area contributed by atoms with Gasteiger partial charge < -0.3 is 4.57 Å². The van der Waals surface area contributed by atoms with E-state index in [1.54, 1.807) is 0 Å². The first kappa shape index (κ1) is 30.3. The average molecular weight is 665 g/mol. The summed E-state index contributed by atoms with van der Waals surface area (Å²) in [6, 6.07) is 64.1. The van der Waals surface area contributed by atoms with Crippen molar-refractivity contribution in [1.82, 2.24) is 9.55 Å². The highest BCUT2D eigenvalue weighted by Gasteiger charge is 2.35. The Kier molecular flexibility index (Phi) is 6.87. The largest absolute Gasteiger partial charge is 0.309 e. The van der Waals surface area contributed by atoms with Crippen LogP contribution in [0, 0.1) is 0 Å². The molecule has 7 aromatic carbocycles. The summed E-state index contributed by atoms with van der Waals surface area (Å²) < 4.78 is 2.44. The molecule has 0 N–H and O–H groups in total. The summed E-state index contributed by atoms with van der Waals surface area (Å²) in [5.74, 6) is 0. The van der Waals surface area contributed by atoms with Crippen LogP contribution >= 0.6 is 0 Å². The van der Waals surface area contributed by atoms with E-state index >= 15 is 0 Å². The summed E-state index contributed by atoms with van der Waals surface area (Å²) in [5, 5.41) is 2.48. The second kappa shape index (κ2) is 11.8. The minimum absolute atomic E-state index is 0.0593. The zero-order chi connectivity index (χ0) is 34.8. The molecule has 1 aliphatic rings. The smallest absolute Gasteiger partial charge is 0.0708 e. The fourth-order valence-corrected chi connectivity index (χ4v) is 8.39. The van der Waals surface area contributed by atoms with Crippen LogP contribution in [0.3, 0.4) is 0 Å². The lowest BCUT2D eigenvalue weighted by Gasteiger charge is -2.21. The third-order valence-electron chi connectivity index (χ3n) is 11.0. The summed E-state index contributed by atoms with van der Waals surface area (Å²) in [7, 11) is 0. The Bertz CT molecular complexity index is 2750. The van der Waals surface area contributed by atoms with Gasteiger partial charge in [0.15, 0.2) is 0 Å². The second-order valence-corrected chi connectivity index (χ2v) is 14.4. The Morgan fingerprint density at radius 1 is 0.404 bits per heavy atom. The maximum absolute atomic E-state index is 4.89. The molecule has 246 valence electrons. The normalized spacial score (nSPS) is 13.0. The quantitative estimate of drug-likeness (QED) is 0.179. The number of benzene rings is 7. The molecule has 0 radical (unpaired) electrons. The van der Waals surface area contributed by atoms with Crippen LogP contribution in [0.2, 0.25) is 0 Å². The predicted molar refractivity (Wildman–Crippen MR) is 218 cm³/mol. The van der Waals surface area contributed by atoms with Crippen LogP contribution in [0.1, 0.15) is 25.0 Å². The number of fused-ring (bicyclic) bond motifs is 6. The molecule has 0 amide bonds. The first-order chi connectivity index (χ1) is 25.5. The molecule has 0 bridgehead atoms. The lowest BCUT2D eigenvalue weighted by atomic mass is 9.82. The van der Waals surface area contributed by atoms with E-state index in [2.05, 4.69) is 194 Å². The molecule has 0 unspecified atom stereocenters. The molecule has 0 fully saturated rings. The molecular formula is C50H36N2. The molecule has 1 aliphatic carbocycles. The minimum Gasteiger partial charge on any atom is -0.309 e. The van der Waals surface area contributed by atoms with Gasteiger partial charge in [-0.25, -0.2) is 0 Å². The predicted octanol–water partition coefficient (Wildman–Crippen LogP) is 13.2. The van der Waals surface area contributed by atoms with E-state index in [-0.39, 0.29) is 5.41 Å². The van der Waals surface area contributed by atoms with Crippen molar-refractivity contribution in [3.8, 4) is 61.5 Å². The molecule has 0 spiro atoms. The van der Waals surface area contributed by atoms with E-state index in [4.69, 9.17) is 4.98 Å². The highest BCUT2D eigenvalue weighted by Crippen LogP contribution is 2.49. The van der Waals surface area contributed by atoms with Crippen molar-refractivity contribution in [1.29, 1.82) is 0 Å². The highest BCUT2D eigenvalue weighted by atomic mass is 15.0. The van der Waals surface area contributed by atoms with Gasteiger partial charge in [-0.2, -0.15) is 0 Å². The number of pyridine rings is 1. The first-order valence-electron chi connectivity index (χ1n) is 18.0. The number of rotatable bonds is 5. The van der Waals surface area contributed by atoms with E-state index in [0.717, 1.165) is 28.1 Å². The van der Waals surface area contributed by atoms with Crippen LogP contribution in [0.25, 0.3) is 83.3 Å². The lowest BCUT2D eigenvalue weighted by Crippen LogP contribution is -2.14. The van der Waals surface area contributed by atoms with Crippen molar-refractivity contribution in [2.75, 3.05) is 0 Å². The van der Waals surface area contributed by atoms with Crippen molar-refractivity contribution in [3.05, 3.63) is 193 Å². The fraction of sp³-hybridized carbons (Fsp3) is 0.0600.